The van der Waals surface area contributed by atoms with Crippen LogP contribution in [-0.2, 0) is 9.47 Å². The van der Waals surface area contributed by atoms with E-state index in [1.165, 1.54) is 18.8 Å². The Morgan fingerprint density at radius 1 is 1.43 bits per heavy atom. The second kappa shape index (κ2) is 1.99. The molecule has 0 amide bonds. The van der Waals surface area contributed by atoms with Crippen LogP contribution in [0.5, 0.6) is 0 Å². The van der Waals surface area contributed by atoms with Gasteiger partial charge in [-0.15, -0.1) is 0 Å². The van der Waals surface area contributed by atoms with Crippen LogP contribution in [0.1, 0.15) is 0 Å². The Bertz CT molecular complexity index is 117. The van der Waals surface area contributed by atoms with Crippen molar-refractivity contribution in [2.75, 3.05) is 0 Å². The van der Waals surface area contributed by atoms with Gasteiger partial charge in [-0.1, -0.05) is 9.24 Å². The van der Waals surface area contributed by atoms with Crippen LogP contribution >= 0.6 is 9.24 Å². The minimum atomic E-state index is 0.697. The van der Waals surface area contributed by atoms with Gasteiger partial charge < -0.3 is 9.47 Å². The van der Waals surface area contributed by atoms with E-state index in [2.05, 4.69) is 9.24 Å². The van der Waals surface area contributed by atoms with Gasteiger partial charge in [0.15, 0.2) is 5.50 Å². The first-order chi connectivity index (χ1) is 3.39. The molecule has 1 heterocycles. The van der Waals surface area contributed by atoms with Crippen molar-refractivity contribution < 1.29 is 9.47 Å². The van der Waals surface area contributed by atoms with E-state index < -0.39 is 0 Å². The third kappa shape index (κ3) is 1.20. The molecule has 0 fully saturated rings. The summed E-state index contributed by atoms with van der Waals surface area (Å²) in [5.74, 6) is 0. The van der Waals surface area contributed by atoms with E-state index in [9.17, 15) is 0 Å². The molecular formula is C4H5O2P. The SMILES string of the molecule is PC1=COC=CO1. The van der Waals surface area contributed by atoms with E-state index in [1.807, 2.05) is 0 Å². The molecule has 1 unspecified atom stereocenters. The van der Waals surface area contributed by atoms with Crippen molar-refractivity contribution >= 4 is 9.24 Å². The summed E-state index contributed by atoms with van der Waals surface area (Å²) >= 11 is 0. The Labute approximate surface area is 44.0 Å². The molecule has 0 aliphatic carbocycles. The smallest absolute Gasteiger partial charge is 0.154 e. The maximum Gasteiger partial charge on any atom is 0.154 e. The molecule has 7 heavy (non-hydrogen) atoms. The Kier molecular flexibility index (Phi) is 1.32. The first kappa shape index (κ1) is 4.66. The maximum atomic E-state index is 4.80. The maximum absolute atomic E-state index is 4.80. The van der Waals surface area contributed by atoms with Crippen molar-refractivity contribution in [3.8, 4) is 0 Å². The van der Waals surface area contributed by atoms with Crippen LogP contribution < -0.4 is 0 Å². The van der Waals surface area contributed by atoms with Crippen molar-refractivity contribution in [2.24, 2.45) is 0 Å². The molecule has 0 aromatic carbocycles. The summed E-state index contributed by atoms with van der Waals surface area (Å²) in [7, 11) is 2.37. The molecule has 1 aliphatic heterocycles. The monoisotopic (exact) mass is 116 g/mol. The summed E-state index contributed by atoms with van der Waals surface area (Å²) in [5.41, 5.74) is 0.697. The van der Waals surface area contributed by atoms with Crippen LogP contribution in [0.15, 0.2) is 24.3 Å². The summed E-state index contributed by atoms with van der Waals surface area (Å²) < 4.78 is 9.49. The fraction of sp³-hybridized carbons (Fsp3) is 0. The van der Waals surface area contributed by atoms with E-state index in [1.54, 1.807) is 0 Å². The zero-order chi connectivity index (χ0) is 5.11. The average Bonchev–Trinajstić information content (AvgIpc) is 1.69. The van der Waals surface area contributed by atoms with Crippen molar-refractivity contribution in [1.82, 2.24) is 0 Å². The molecule has 0 radical (unpaired) electrons. The van der Waals surface area contributed by atoms with Gasteiger partial charge in [0.2, 0.25) is 0 Å². The number of hydrogen-bond acceptors (Lipinski definition) is 2. The molecule has 0 bridgehead atoms. The quantitative estimate of drug-likeness (QED) is 0.442. The molecule has 2 nitrogen and oxygen atoms in total. The largest absolute Gasteiger partial charge is 0.466 e. The van der Waals surface area contributed by atoms with E-state index in [0.717, 1.165) is 0 Å². The lowest BCUT2D eigenvalue weighted by atomic mass is 10.9. The molecule has 0 saturated heterocycles. The molecule has 1 atom stereocenters. The highest BCUT2D eigenvalue weighted by Gasteiger charge is 1.88. The molecule has 0 aromatic heterocycles. The Morgan fingerprint density at radius 3 is 2.57 bits per heavy atom. The highest BCUT2D eigenvalue weighted by atomic mass is 31.0. The van der Waals surface area contributed by atoms with Crippen LogP contribution in [0.4, 0.5) is 0 Å². The van der Waals surface area contributed by atoms with Crippen molar-refractivity contribution in [3.05, 3.63) is 24.3 Å². The second-order valence-corrected chi connectivity index (χ2v) is 1.62. The lowest BCUT2D eigenvalue weighted by Crippen LogP contribution is -1.81. The summed E-state index contributed by atoms with van der Waals surface area (Å²) in [6, 6.07) is 0. The molecule has 0 aromatic rings. The average molecular weight is 116 g/mol. The van der Waals surface area contributed by atoms with E-state index in [0.29, 0.717) is 5.50 Å². The Morgan fingerprint density at radius 2 is 2.29 bits per heavy atom. The first-order valence-electron chi connectivity index (χ1n) is 1.82. The van der Waals surface area contributed by atoms with Crippen LogP contribution in [0.2, 0.25) is 0 Å². The second-order valence-electron chi connectivity index (χ2n) is 1.05. The van der Waals surface area contributed by atoms with Crippen molar-refractivity contribution in [2.45, 2.75) is 0 Å². The Balaban J connectivity index is 2.50. The highest BCUT2D eigenvalue weighted by molar-refractivity contribution is 7.22. The summed E-state index contributed by atoms with van der Waals surface area (Å²) in [6.07, 6.45) is 4.44. The summed E-state index contributed by atoms with van der Waals surface area (Å²) in [4.78, 5) is 0. The van der Waals surface area contributed by atoms with Crippen LogP contribution in [0.25, 0.3) is 0 Å². The lowest BCUT2D eigenvalue weighted by molar-refractivity contribution is 0.281. The predicted molar refractivity (Wildman–Crippen MR) is 29.1 cm³/mol. The fourth-order valence-electron chi connectivity index (χ4n) is 0.273. The molecular weight excluding hydrogens is 111 g/mol. The molecule has 0 saturated carbocycles. The van der Waals surface area contributed by atoms with E-state index >= 15 is 0 Å². The van der Waals surface area contributed by atoms with Gasteiger partial charge in [-0.05, 0) is 0 Å². The van der Waals surface area contributed by atoms with Crippen molar-refractivity contribution in [3.63, 3.8) is 0 Å². The summed E-state index contributed by atoms with van der Waals surface area (Å²) in [5, 5.41) is 0. The molecule has 1 rings (SSSR count). The third-order valence-corrected chi connectivity index (χ3v) is 0.795. The van der Waals surface area contributed by atoms with Gasteiger partial charge in [-0.2, -0.15) is 0 Å². The zero-order valence-corrected chi connectivity index (χ0v) is 4.78. The van der Waals surface area contributed by atoms with Gasteiger partial charge in [0, 0.05) is 0 Å². The molecule has 0 spiro atoms. The van der Waals surface area contributed by atoms with Gasteiger partial charge in [0.05, 0.1) is 0 Å². The first-order valence-corrected chi connectivity index (χ1v) is 2.40. The fourth-order valence-corrected chi connectivity index (χ4v) is 0.430. The molecule has 0 N–H and O–H groups in total. The lowest BCUT2D eigenvalue weighted by Gasteiger charge is -2.02. The standard InChI is InChI=1S/C4H5O2P/c7-4-3-5-1-2-6-4/h1-3H,7H2. The molecule has 3 heteroatoms. The van der Waals surface area contributed by atoms with Gasteiger partial charge >= 0.3 is 0 Å². The zero-order valence-electron chi connectivity index (χ0n) is 3.63. The van der Waals surface area contributed by atoms with E-state index in [-0.39, 0.29) is 0 Å². The van der Waals surface area contributed by atoms with Crippen molar-refractivity contribution in [1.29, 1.82) is 0 Å². The third-order valence-electron chi connectivity index (χ3n) is 0.522. The van der Waals surface area contributed by atoms with Gasteiger partial charge in [-0.3, -0.25) is 0 Å². The summed E-state index contributed by atoms with van der Waals surface area (Å²) in [6.45, 7) is 0. The molecule has 1 aliphatic rings. The number of ether oxygens (including phenoxy) is 2. The van der Waals surface area contributed by atoms with E-state index in [4.69, 9.17) is 9.47 Å². The predicted octanol–water partition coefficient (Wildman–Crippen LogP) is 1.18. The Hall–Kier alpha value is -0.490. The normalized spacial score (nSPS) is 17.0. The minimum Gasteiger partial charge on any atom is -0.466 e. The highest BCUT2D eigenvalue weighted by Crippen LogP contribution is 2.10. The number of rotatable bonds is 0. The van der Waals surface area contributed by atoms with Crippen LogP contribution in [-0.4, -0.2) is 0 Å². The van der Waals surface area contributed by atoms with Crippen LogP contribution in [0, 0.1) is 0 Å². The van der Waals surface area contributed by atoms with Gasteiger partial charge in [0.25, 0.3) is 0 Å². The topological polar surface area (TPSA) is 18.5 Å². The van der Waals surface area contributed by atoms with Gasteiger partial charge in [-0.25, -0.2) is 0 Å². The minimum absolute atomic E-state index is 0.697. The number of hydrogen-bond donors (Lipinski definition) is 0. The van der Waals surface area contributed by atoms with Gasteiger partial charge in [0.1, 0.15) is 18.8 Å². The molecule has 38 valence electrons. The van der Waals surface area contributed by atoms with Crippen LogP contribution in [0.3, 0.4) is 0 Å².